The lowest BCUT2D eigenvalue weighted by molar-refractivity contribution is -0.144. The fraction of sp³-hybridized carbons (Fsp3) is 0.840. The van der Waals surface area contributed by atoms with Crippen LogP contribution < -0.4 is 16.0 Å². The van der Waals surface area contributed by atoms with Gasteiger partial charge >= 0.3 is 12.1 Å². The molecule has 0 aromatic heterocycles. The number of carbonyl (C=O) groups is 4. The molecule has 0 radical (unpaired) electrons. The molecule has 1 aliphatic rings. The lowest BCUT2D eigenvalue weighted by Gasteiger charge is -2.30. The van der Waals surface area contributed by atoms with Crippen LogP contribution in [0.25, 0.3) is 0 Å². The standard InChI is InChI=1S/C25H45N3O6/c1-8-16(4)20(23(31)32)28-21(29)18-11-9-17(10-12-18)14-26-22(30)19(13-15(2)3)27-24(33)34-25(5,6)7/h15-20H,8-14H2,1-7H3,(H,26,30)(H,27,33)(H,28,29)(H,31,32)/t16-,17?,18?,19-,20+/m0/s1. The minimum atomic E-state index is -1.00. The van der Waals surface area contributed by atoms with Crippen LogP contribution in [0.2, 0.25) is 0 Å². The van der Waals surface area contributed by atoms with Crippen LogP contribution in [0.4, 0.5) is 4.79 Å². The second-order valence-corrected chi connectivity index (χ2v) is 11.0. The summed E-state index contributed by atoms with van der Waals surface area (Å²) >= 11 is 0. The first-order valence-corrected chi connectivity index (χ1v) is 12.5. The number of ether oxygens (including phenoxy) is 1. The topological polar surface area (TPSA) is 134 Å². The number of amides is 3. The third kappa shape index (κ3) is 10.7. The second kappa shape index (κ2) is 13.5. The molecule has 0 saturated heterocycles. The quantitative estimate of drug-likeness (QED) is 0.356. The van der Waals surface area contributed by atoms with Crippen molar-refractivity contribution >= 4 is 23.9 Å². The van der Waals surface area contributed by atoms with Crippen molar-refractivity contribution in [2.24, 2.45) is 23.7 Å². The van der Waals surface area contributed by atoms with E-state index in [1.54, 1.807) is 20.8 Å². The van der Waals surface area contributed by atoms with Crippen molar-refractivity contribution in [2.75, 3.05) is 6.54 Å². The van der Waals surface area contributed by atoms with Gasteiger partial charge in [0.05, 0.1) is 0 Å². The highest BCUT2D eigenvalue weighted by Gasteiger charge is 2.32. The summed E-state index contributed by atoms with van der Waals surface area (Å²) in [4.78, 5) is 49.0. The zero-order chi connectivity index (χ0) is 26.1. The van der Waals surface area contributed by atoms with Crippen LogP contribution in [-0.2, 0) is 19.1 Å². The maximum atomic E-state index is 12.8. The average Bonchev–Trinajstić information content (AvgIpc) is 2.73. The number of carboxylic acid groups (broad SMARTS) is 1. The highest BCUT2D eigenvalue weighted by atomic mass is 16.6. The molecule has 4 N–H and O–H groups in total. The molecule has 0 bridgehead atoms. The van der Waals surface area contributed by atoms with E-state index < -0.39 is 29.7 Å². The first-order chi connectivity index (χ1) is 15.7. The Hall–Kier alpha value is -2.32. The van der Waals surface area contributed by atoms with Crippen LogP contribution in [0.1, 0.15) is 87.0 Å². The van der Waals surface area contributed by atoms with E-state index in [1.165, 1.54) is 0 Å². The Labute approximate surface area is 204 Å². The number of rotatable bonds is 11. The highest BCUT2D eigenvalue weighted by Crippen LogP contribution is 2.29. The van der Waals surface area contributed by atoms with Crippen molar-refractivity contribution < 1.29 is 29.0 Å². The van der Waals surface area contributed by atoms with Gasteiger partial charge in [-0.05, 0) is 70.6 Å². The number of nitrogens with one attached hydrogen (secondary N) is 3. The van der Waals surface area contributed by atoms with Gasteiger partial charge in [0.1, 0.15) is 17.7 Å². The van der Waals surface area contributed by atoms with Crippen molar-refractivity contribution in [1.82, 2.24) is 16.0 Å². The largest absolute Gasteiger partial charge is 0.480 e. The molecule has 1 fully saturated rings. The summed E-state index contributed by atoms with van der Waals surface area (Å²) in [6.07, 6.45) is 3.41. The highest BCUT2D eigenvalue weighted by molar-refractivity contribution is 5.86. The van der Waals surface area contributed by atoms with E-state index in [-0.39, 0.29) is 35.5 Å². The van der Waals surface area contributed by atoms with Crippen LogP contribution in [0, 0.1) is 23.7 Å². The molecule has 0 aromatic rings. The van der Waals surface area contributed by atoms with E-state index in [9.17, 15) is 24.3 Å². The fourth-order valence-electron chi connectivity index (χ4n) is 4.10. The van der Waals surface area contributed by atoms with Crippen LogP contribution in [0.15, 0.2) is 0 Å². The van der Waals surface area contributed by atoms with Gasteiger partial charge in [-0.3, -0.25) is 9.59 Å². The molecular weight excluding hydrogens is 438 g/mol. The van der Waals surface area contributed by atoms with Crippen LogP contribution >= 0.6 is 0 Å². The zero-order valence-corrected chi connectivity index (χ0v) is 21.9. The molecule has 34 heavy (non-hydrogen) atoms. The van der Waals surface area contributed by atoms with Crippen molar-refractivity contribution in [2.45, 2.75) is 105 Å². The lowest BCUT2D eigenvalue weighted by atomic mass is 9.81. The second-order valence-electron chi connectivity index (χ2n) is 11.0. The monoisotopic (exact) mass is 483 g/mol. The maximum absolute atomic E-state index is 12.8. The van der Waals surface area contributed by atoms with E-state index in [4.69, 9.17) is 4.74 Å². The van der Waals surface area contributed by atoms with Gasteiger partial charge in [0, 0.05) is 12.5 Å². The summed E-state index contributed by atoms with van der Waals surface area (Å²) in [6, 6.07) is -1.55. The van der Waals surface area contributed by atoms with E-state index in [2.05, 4.69) is 16.0 Å². The Balaban J connectivity index is 2.54. The molecule has 1 rings (SSSR count). The molecule has 3 atom stereocenters. The minimum absolute atomic E-state index is 0.138. The first kappa shape index (κ1) is 29.7. The molecule has 0 unspecified atom stereocenters. The van der Waals surface area contributed by atoms with Crippen LogP contribution in [0.5, 0.6) is 0 Å². The third-order valence-electron chi connectivity index (χ3n) is 6.27. The number of alkyl carbamates (subject to hydrolysis) is 1. The van der Waals surface area contributed by atoms with Gasteiger partial charge in [-0.2, -0.15) is 0 Å². The van der Waals surface area contributed by atoms with E-state index in [1.807, 2.05) is 27.7 Å². The Morgan fingerprint density at radius 1 is 1.00 bits per heavy atom. The molecule has 196 valence electrons. The molecule has 9 heteroatoms. The maximum Gasteiger partial charge on any atom is 0.408 e. The number of hydrogen-bond acceptors (Lipinski definition) is 5. The predicted octanol–water partition coefficient (Wildman–Crippen LogP) is 3.46. The summed E-state index contributed by atoms with van der Waals surface area (Å²) in [6.45, 7) is 13.5. The Bertz CT molecular complexity index is 695. The van der Waals surface area contributed by atoms with Crippen molar-refractivity contribution in [1.29, 1.82) is 0 Å². The molecule has 0 heterocycles. The van der Waals surface area contributed by atoms with Gasteiger partial charge in [-0.1, -0.05) is 34.1 Å². The molecule has 3 amide bonds. The Morgan fingerprint density at radius 3 is 2.06 bits per heavy atom. The van der Waals surface area contributed by atoms with Crippen molar-refractivity contribution in [3.63, 3.8) is 0 Å². The molecule has 0 aromatic carbocycles. The summed E-state index contributed by atoms with van der Waals surface area (Å²) < 4.78 is 5.29. The normalized spacial score (nSPS) is 21.2. The Morgan fingerprint density at radius 2 is 1.59 bits per heavy atom. The van der Waals surface area contributed by atoms with Crippen LogP contribution in [0.3, 0.4) is 0 Å². The SMILES string of the molecule is CC[C@H](C)[C@@H](NC(=O)C1CCC(CNC(=O)[C@H](CC(C)C)NC(=O)OC(C)(C)C)CC1)C(=O)O. The lowest BCUT2D eigenvalue weighted by Crippen LogP contribution is -2.50. The summed E-state index contributed by atoms with van der Waals surface area (Å²) in [5.41, 5.74) is -0.646. The van der Waals surface area contributed by atoms with Gasteiger partial charge < -0.3 is 25.8 Å². The summed E-state index contributed by atoms with van der Waals surface area (Å²) in [5.74, 6) is -1.34. The fourth-order valence-corrected chi connectivity index (χ4v) is 4.10. The summed E-state index contributed by atoms with van der Waals surface area (Å²) in [5, 5.41) is 17.7. The van der Waals surface area contributed by atoms with Gasteiger partial charge in [0.15, 0.2) is 0 Å². The predicted molar refractivity (Wildman–Crippen MR) is 130 cm³/mol. The Kier molecular flexibility index (Phi) is 11.8. The number of carboxylic acids is 1. The van der Waals surface area contributed by atoms with E-state index in [0.717, 1.165) is 12.8 Å². The van der Waals surface area contributed by atoms with Crippen molar-refractivity contribution in [3.8, 4) is 0 Å². The molecule has 0 spiro atoms. The molecule has 1 saturated carbocycles. The number of carbonyl (C=O) groups excluding carboxylic acids is 3. The van der Waals surface area contributed by atoms with Gasteiger partial charge in [-0.25, -0.2) is 9.59 Å². The van der Waals surface area contributed by atoms with Gasteiger partial charge in [0.25, 0.3) is 0 Å². The minimum Gasteiger partial charge on any atom is -0.480 e. The molecule has 1 aliphatic carbocycles. The average molecular weight is 484 g/mol. The van der Waals surface area contributed by atoms with Gasteiger partial charge in [-0.15, -0.1) is 0 Å². The smallest absolute Gasteiger partial charge is 0.408 e. The first-order valence-electron chi connectivity index (χ1n) is 12.5. The third-order valence-corrected chi connectivity index (χ3v) is 6.27. The summed E-state index contributed by atoms with van der Waals surface area (Å²) in [7, 11) is 0. The van der Waals surface area contributed by atoms with Gasteiger partial charge in [0.2, 0.25) is 11.8 Å². The number of aliphatic carboxylic acids is 1. The molecule has 0 aliphatic heterocycles. The van der Waals surface area contributed by atoms with E-state index in [0.29, 0.717) is 32.2 Å². The van der Waals surface area contributed by atoms with Crippen LogP contribution in [-0.4, -0.2) is 53.2 Å². The molecule has 9 nitrogen and oxygen atoms in total. The zero-order valence-electron chi connectivity index (χ0n) is 21.9. The van der Waals surface area contributed by atoms with E-state index >= 15 is 0 Å². The van der Waals surface area contributed by atoms with Crippen molar-refractivity contribution in [3.05, 3.63) is 0 Å². The number of hydrogen-bond donors (Lipinski definition) is 4. The molecular formula is C25H45N3O6.